The van der Waals surface area contributed by atoms with Gasteiger partial charge in [-0.3, -0.25) is 4.90 Å². The minimum absolute atomic E-state index is 0.399. The quantitative estimate of drug-likeness (QED) is 0.396. The van der Waals surface area contributed by atoms with Crippen molar-refractivity contribution >= 4 is 0 Å². The highest BCUT2D eigenvalue weighted by atomic mass is 15.3. The van der Waals surface area contributed by atoms with Crippen LogP contribution < -0.4 is 0 Å². The molecule has 0 aromatic carbocycles. The molecule has 0 aromatic rings. The summed E-state index contributed by atoms with van der Waals surface area (Å²) in [6.45, 7) is 9.64. The van der Waals surface area contributed by atoms with Gasteiger partial charge in [0.05, 0.1) is 6.17 Å². The SMILES string of the molecule is C#CC/C=C(C)/C(C)=C\N(C)C(C)N(C)CC. The van der Waals surface area contributed by atoms with Gasteiger partial charge in [0.25, 0.3) is 0 Å². The van der Waals surface area contributed by atoms with E-state index in [2.05, 4.69) is 69.8 Å². The lowest BCUT2D eigenvalue weighted by molar-refractivity contribution is 0.143. The van der Waals surface area contributed by atoms with Gasteiger partial charge in [-0.15, -0.1) is 12.3 Å². The summed E-state index contributed by atoms with van der Waals surface area (Å²) >= 11 is 0. The van der Waals surface area contributed by atoms with E-state index in [0.29, 0.717) is 12.6 Å². The highest BCUT2D eigenvalue weighted by Gasteiger charge is 2.10. The maximum Gasteiger partial charge on any atom is 0.0780 e. The van der Waals surface area contributed by atoms with Crippen LogP contribution in [0, 0.1) is 12.3 Å². The Morgan fingerprint density at radius 1 is 1.29 bits per heavy atom. The largest absolute Gasteiger partial charge is 0.365 e. The summed E-state index contributed by atoms with van der Waals surface area (Å²) in [4.78, 5) is 4.52. The Labute approximate surface area is 107 Å². The van der Waals surface area contributed by atoms with Gasteiger partial charge >= 0.3 is 0 Å². The van der Waals surface area contributed by atoms with Crippen molar-refractivity contribution in [1.82, 2.24) is 9.80 Å². The Balaban J connectivity index is 4.63. The normalized spacial score (nSPS) is 14.7. The molecule has 0 bridgehead atoms. The summed E-state index contributed by atoms with van der Waals surface area (Å²) in [6, 6.07) is 0. The first-order valence-electron chi connectivity index (χ1n) is 6.15. The van der Waals surface area contributed by atoms with Crippen molar-refractivity contribution in [3.8, 4) is 12.3 Å². The number of hydrogen-bond acceptors (Lipinski definition) is 2. The maximum atomic E-state index is 5.25. The molecule has 1 unspecified atom stereocenters. The second kappa shape index (κ2) is 7.97. The van der Waals surface area contributed by atoms with Crippen molar-refractivity contribution in [3.05, 3.63) is 23.4 Å². The number of terminal acetylenes is 1. The number of rotatable bonds is 6. The Morgan fingerprint density at radius 2 is 1.88 bits per heavy atom. The Kier molecular flexibility index (Phi) is 7.41. The van der Waals surface area contributed by atoms with E-state index < -0.39 is 0 Å². The fourth-order valence-electron chi connectivity index (χ4n) is 1.46. The fourth-order valence-corrected chi connectivity index (χ4v) is 1.46. The van der Waals surface area contributed by atoms with Crippen molar-refractivity contribution in [2.24, 2.45) is 0 Å². The number of hydrogen-bond donors (Lipinski definition) is 0. The predicted octanol–water partition coefficient (Wildman–Crippen LogP) is 3.09. The van der Waals surface area contributed by atoms with Gasteiger partial charge in [-0.05, 0) is 45.5 Å². The smallest absolute Gasteiger partial charge is 0.0780 e. The van der Waals surface area contributed by atoms with Crippen molar-refractivity contribution in [2.75, 3.05) is 20.6 Å². The first kappa shape index (κ1) is 15.8. The molecule has 0 aliphatic heterocycles. The molecule has 0 saturated heterocycles. The zero-order valence-electron chi connectivity index (χ0n) is 12.1. The third-order valence-corrected chi connectivity index (χ3v) is 3.27. The standard InChI is InChI=1S/C15H26N2/c1-8-10-11-13(3)14(4)12-17(7)15(5)16(6)9-2/h1,11-12,15H,9-10H2,2-7H3/b13-11+,14-12-. The Bertz CT molecular complexity index is 320. The van der Waals surface area contributed by atoms with Gasteiger partial charge in [-0.1, -0.05) is 13.0 Å². The third-order valence-electron chi connectivity index (χ3n) is 3.27. The van der Waals surface area contributed by atoms with E-state index in [1.165, 1.54) is 11.1 Å². The highest BCUT2D eigenvalue weighted by Crippen LogP contribution is 2.12. The Hall–Kier alpha value is -1.20. The van der Waals surface area contributed by atoms with Crippen molar-refractivity contribution < 1.29 is 0 Å². The molecule has 0 amide bonds. The molecule has 0 aliphatic rings. The molecule has 0 radical (unpaired) electrons. The molecule has 1 atom stereocenters. The van der Waals surface area contributed by atoms with E-state index in [0.717, 1.165) is 6.54 Å². The molecule has 0 N–H and O–H groups in total. The average Bonchev–Trinajstić information content (AvgIpc) is 2.33. The van der Waals surface area contributed by atoms with Crippen LogP contribution in [0.1, 0.15) is 34.1 Å². The molecule has 96 valence electrons. The fraction of sp³-hybridized carbons (Fsp3) is 0.600. The highest BCUT2D eigenvalue weighted by molar-refractivity contribution is 5.27. The zero-order valence-corrected chi connectivity index (χ0v) is 12.1. The second-order valence-corrected chi connectivity index (χ2v) is 4.48. The average molecular weight is 234 g/mol. The minimum Gasteiger partial charge on any atom is -0.365 e. The van der Waals surface area contributed by atoms with Crippen LogP contribution >= 0.6 is 0 Å². The van der Waals surface area contributed by atoms with E-state index in [1.54, 1.807) is 0 Å². The summed E-state index contributed by atoms with van der Waals surface area (Å²) in [5.74, 6) is 2.63. The van der Waals surface area contributed by atoms with Crippen LogP contribution in [0.25, 0.3) is 0 Å². The van der Waals surface area contributed by atoms with Crippen LogP contribution in [0.4, 0.5) is 0 Å². The van der Waals surface area contributed by atoms with Gasteiger partial charge in [0, 0.05) is 19.7 Å². The van der Waals surface area contributed by atoms with E-state index >= 15 is 0 Å². The summed E-state index contributed by atoms with van der Waals surface area (Å²) in [7, 11) is 4.24. The first-order chi connectivity index (χ1) is 7.93. The lowest BCUT2D eigenvalue weighted by atomic mass is 10.1. The van der Waals surface area contributed by atoms with Crippen molar-refractivity contribution in [3.63, 3.8) is 0 Å². The van der Waals surface area contributed by atoms with E-state index in [4.69, 9.17) is 6.42 Å². The van der Waals surface area contributed by atoms with Crippen molar-refractivity contribution in [2.45, 2.75) is 40.3 Å². The summed E-state index contributed by atoms with van der Waals surface area (Å²) in [5.41, 5.74) is 2.51. The zero-order chi connectivity index (χ0) is 13.4. The van der Waals surface area contributed by atoms with Crippen LogP contribution in [0.15, 0.2) is 23.4 Å². The van der Waals surface area contributed by atoms with E-state index in [-0.39, 0.29) is 0 Å². The molecule has 0 saturated carbocycles. The molecular formula is C15H26N2. The van der Waals surface area contributed by atoms with Gasteiger partial charge in [0.2, 0.25) is 0 Å². The molecule has 0 spiro atoms. The van der Waals surface area contributed by atoms with Gasteiger partial charge < -0.3 is 4.90 Å². The number of nitrogens with zero attached hydrogens (tertiary/aromatic N) is 2. The van der Waals surface area contributed by atoms with E-state index in [9.17, 15) is 0 Å². The molecule has 0 heterocycles. The van der Waals surface area contributed by atoms with Crippen LogP contribution in [0.5, 0.6) is 0 Å². The second-order valence-electron chi connectivity index (χ2n) is 4.48. The molecule has 2 heteroatoms. The summed E-state index contributed by atoms with van der Waals surface area (Å²) in [6.07, 6.45) is 10.6. The monoisotopic (exact) mass is 234 g/mol. The third kappa shape index (κ3) is 5.60. The summed E-state index contributed by atoms with van der Waals surface area (Å²) < 4.78 is 0. The van der Waals surface area contributed by atoms with Crippen molar-refractivity contribution in [1.29, 1.82) is 0 Å². The topological polar surface area (TPSA) is 6.48 Å². The van der Waals surface area contributed by atoms with Crippen LogP contribution in [0.3, 0.4) is 0 Å². The Morgan fingerprint density at radius 3 is 2.35 bits per heavy atom. The van der Waals surface area contributed by atoms with Gasteiger partial charge in [-0.2, -0.15) is 0 Å². The minimum atomic E-state index is 0.399. The molecule has 0 fully saturated rings. The molecule has 0 aliphatic carbocycles. The predicted molar refractivity (Wildman–Crippen MR) is 76.5 cm³/mol. The van der Waals surface area contributed by atoms with Gasteiger partial charge in [0.1, 0.15) is 0 Å². The van der Waals surface area contributed by atoms with Crippen LogP contribution in [-0.2, 0) is 0 Å². The van der Waals surface area contributed by atoms with Gasteiger partial charge in [-0.25, -0.2) is 0 Å². The summed E-state index contributed by atoms with van der Waals surface area (Å²) in [5, 5.41) is 0. The lowest BCUT2D eigenvalue weighted by Gasteiger charge is -2.31. The molecular weight excluding hydrogens is 208 g/mol. The molecule has 17 heavy (non-hydrogen) atoms. The molecule has 0 rings (SSSR count). The molecule has 0 aromatic heterocycles. The maximum absolute atomic E-state index is 5.25. The van der Waals surface area contributed by atoms with Gasteiger partial charge in [0.15, 0.2) is 0 Å². The van der Waals surface area contributed by atoms with Crippen LogP contribution in [-0.4, -0.2) is 36.6 Å². The van der Waals surface area contributed by atoms with Crippen LogP contribution in [0.2, 0.25) is 0 Å². The first-order valence-corrected chi connectivity index (χ1v) is 6.15. The molecule has 2 nitrogen and oxygen atoms in total. The number of allylic oxidation sites excluding steroid dienone is 3. The lowest BCUT2D eigenvalue weighted by Crippen LogP contribution is -2.39. The van der Waals surface area contributed by atoms with E-state index in [1.807, 2.05) is 0 Å².